The van der Waals surface area contributed by atoms with Crippen LogP contribution in [0.2, 0.25) is 5.02 Å². The van der Waals surface area contributed by atoms with Crippen LogP contribution in [0.1, 0.15) is 19.4 Å². The first-order chi connectivity index (χ1) is 11.4. The molecule has 0 aromatic heterocycles. The molecule has 24 heavy (non-hydrogen) atoms. The molecule has 2 aromatic carbocycles. The molecule has 2 aromatic rings. The Morgan fingerprint density at radius 2 is 2.08 bits per heavy atom. The van der Waals surface area contributed by atoms with Crippen LogP contribution in [-0.4, -0.2) is 17.8 Å². The maximum atomic E-state index is 13.7. The average Bonchev–Trinajstić information content (AvgIpc) is 2.49. The summed E-state index contributed by atoms with van der Waals surface area (Å²) in [6, 6.07) is 11.8. The van der Waals surface area contributed by atoms with Crippen LogP contribution in [0.15, 0.2) is 42.5 Å². The second kappa shape index (κ2) is 8.94. The van der Waals surface area contributed by atoms with Crippen LogP contribution < -0.4 is 10.1 Å². The van der Waals surface area contributed by atoms with Gasteiger partial charge >= 0.3 is 0 Å². The van der Waals surface area contributed by atoms with Crippen molar-refractivity contribution in [1.82, 2.24) is 0 Å². The van der Waals surface area contributed by atoms with E-state index >= 15 is 0 Å². The highest BCUT2D eigenvalue weighted by molar-refractivity contribution is 7.99. The van der Waals surface area contributed by atoms with Crippen LogP contribution in [0.3, 0.4) is 0 Å². The molecule has 0 aliphatic carbocycles. The van der Waals surface area contributed by atoms with Gasteiger partial charge in [0.1, 0.15) is 11.6 Å². The van der Waals surface area contributed by atoms with E-state index in [2.05, 4.69) is 5.32 Å². The summed E-state index contributed by atoms with van der Waals surface area (Å²) in [5.41, 5.74) is 1.21. The van der Waals surface area contributed by atoms with Gasteiger partial charge < -0.3 is 10.1 Å². The normalized spacial score (nSPS) is 10.7. The van der Waals surface area contributed by atoms with E-state index in [9.17, 15) is 9.18 Å². The number of rotatable bonds is 7. The number of thioether (sulfide) groups is 1. The third-order valence-electron chi connectivity index (χ3n) is 3.00. The third-order valence-corrected chi connectivity index (χ3v) is 4.21. The van der Waals surface area contributed by atoms with Crippen molar-refractivity contribution in [2.24, 2.45) is 0 Å². The monoisotopic (exact) mass is 367 g/mol. The highest BCUT2D eigenvalue weighted by Crippen LogP contribution is 2.21. The number of benzene rings is 2. The van der Waals surface area contributed by atoms with E-state index < -0.39 is 0 Å². The van der Waals surface area contributed by atoms with E-state index in [-0.39, 0.29) is 23.6 Å². The molecule has 6 heteroatoms. The average molecular weight is 368 g/mol. The molecule has 0 saturated heterocycles. The molecule has 0 aliphatic heterocycles. The second-order valence-electron chi connectivity index (χ2n) is 5.47. The van der Waals surface area contributed by atoms with Crippen LogP contribution in [-0.2, 0) is 10.5 Å². The summed E-state index contributed by atoms with van der Waals surface area (Å²) in [5.74, 6) is 0.855. The Hall–Kier alpha value is -1.72. The van der Waals surface area contributed by atoms with Crippen LogP contribution in [0, 0.1) is 5.82 Å². The highest BCUT2D eigenvalue weighted by atomic mass is 35.5. The minimum Gasteiger partial charge on any atom is -0.491 e. The van der Waals surface area contributed by atoms with E-state index in [1.54, 1.807) is 24.3 Å². The summed E-state index contributed by atoms with van der Waals surface area (Å²) in [4.78, 5) is 12.0. The number of nitrogens with one attached hydrogen (secondary N) is 1. The molecule has 2 rings (SSSR count). The molecule has 0 atom stereocenters. The van der Waals surface area contributed by atoms with Crippen molar-refractivity contribution in [3.05, 3.63) is 58.9 Å². The van der Waals surface area contributed by atoms with Gasteiger partial charge in [-0.3, -0.25) is 4.79 Å². The second-order valence-corrected chi connectivity index (χ2v) is 6.89. The predicted octanol–water partition coefficient (Wildman–Crippen LogP) is 5.14. The third kappa shape index (κ3) is 6.06. The minimum absolute atomic E-state index is 0.0702. The van der Waals surface area contributed by atoms with E-state index in [0.29, 0.717) is 27.8 Å². The Balaban J connectivity index is 1.83. The molecule has 0 bridgehead atoms. The quantitative estimate of drug-likeness (QED) is 0.736. The van der Waals surface area contributed by atoms with Crippen LogP contribution in [0.5, 0.6) is 5.75 Å². The Labute approximate surface area is 150 Å². The van der Waals surface area contributed by atoms with E-state index in [0.717, 1.165) is 0 Å². The van der Waals surface area contributed by atoms with Gasteiger partial charge in [-0.1, -0.05) is 23.7 Å². The number of ether oxygens (including phenoxy) is 1. The fourth-order valence-electron chi connectivity index (χ4n) is 2.01. The first kappa shape index (κ1) is 18.6. The first-order valence-electron chi connectivity index (χ1n) is 7.52. The molecule has 0 radical (unpaired) electrons. The van der Waals surface area contributed by atoms with Gasteiger partial charge in [0.15, 0.2) is 0 Å². The highest BCUT2D eigenvalue weighted by Gasteiger charge is 2.07. The van der Waals surface area contributed by atoms with Crippen LogP contribution in [0.25, 0.3) is 0 Å². The van der Waals surface area contributed by atoms with Gasteiger partial charge in [0.25, 0.3) is 0 Å². The molecular formula is C18H19ClFNO2S. The predicted molar refractivity (Wildman–Crippen MR) is 98.4 cm³/mol. The van der Waals surface area contributed by atoms with Gasteiger partial charge in [0.05, 0.1) is 11.9 Å². The zero-order valence-corrected chi connectivity index (χ0v) is 15.1. The number of anilines is 1. The van der Waals surface area contributed by atoms with Crippen molar-refractivity contribution in [2.45, 2.75) is 25.7 Å². The fourth-order valence-corrected chi connectivity index (χ4v) is 2.98. The van der Waals surface area contributed by atoms with Crippen molar-refractivity contribution in [1.29, 1.82) is 0 Å². The van der Waals surface area contributed by atoms with Crippen molar-refractivity contribution < 1.29 is 13.9 Å². The summed E-state index contributed by atoms with van der Waals surface area (Å²) in [6.07, 6.45) is 0.0702. The molecule has 1 amide bonds. The topological polar surface area (TPSA) is 38.3 Å². The zero-order chi connectivity index (χ0) is 17.5. The Bertz CT molecular complexity index is 709. The van der Waals surface area contributed by atoms with Gasteiger partial charge in [-0.15, -0.1) is 11.8 Å². The molecule has 0 fully saturated rings. The summed E-state index contributed by atoms with van der Waals surface area (Å²) < 4.78 is 19.2. The number of amides is 1. The maximum absolute atomic E-state index is 13.7. The van der Waals surface area contributed by atoms with Gasteiger partial charge in [-0.25, -0.2) is 4.39 Å². The molecule has 0 spiro atoms. The minimum atomic E-state index is -0.353. The van der Waals surface area contributed by atoms with Gasteiger partial charge in [-0.05, 0) is 43.7 Å². The van der Waals surface area contributed by atoms with Crippen molar-refractivity contribution >= 4 is 35.0 Å². The van der Waals surface area contributed by atoms with E-state index in [4.69, 9.17) is 16.3 Å². The van der Waals surface area contributed by atoms with Gasteiger partial charge in [-0.2, -0.15) is 0 Å². The molecule has 0 heterocycles. The molecule has 3 nitrogen and oxygen atoms in total. The molecular weight excluding hydrogens is 349 g/mol. The lowest BCUT2D eigenvalue weighted by atomic mass is 10.2. The number of carbonyl (C=O) groups excluding carboxylic acids is 1. The molecule has 128 valence electrons. The van der Waals surface area contributed by atoms with E-state index in [1.807, 2.05) is 26.0 Å². The van der Waals surface area contributed by atoms with Crippen LogP contribution >= 0.6 is 23.4 Å². The fraction of sp³-hybridized carbons (Fsp3) is 0.278. The lowest BCUT2D eigenvalue weighted by Crippen LogP contribution is -2.14. The molecule has 0 unspecified atom stereocenters. The van der Waals surface area contributed by atoms with Gasteiger partial charge in [0.2, 0.25) is 5.91 Å². The Morgan fingerprint density at radius 1 is 1.29 bits per heavy atom. The van der Waals surface area contributed by atoms with Crippen molar-refractivity contribution in [3.8, 4) is 5.75 Å². The van der Waals surface area contributed by atoms with Crippen LogP contribution in [0.4, 0.5) is 10.1 Å². The standard InChI is InChI=1S/C18H19ClFNO2S/c1-12(2)23-16-5-3-4-15(9-16)21-18(22)11-24-10-13-6-7-14(19)8-17(13)20/h3-9,12H,10-11H2,1-2H3,(H,21,22). The lowest BCUT2D eigenvalue weighted by Gasteiger charge is -2.11. The molecule has 0 saturated carbocycles. The number of halogens is 2. The summed E-state index contributed by atoms with van der Waals surface area (Å²) >= 11 is 7.06. The lowest BCUT2D eigenvalue weighted by molar-refractivity contribution is -0.113. The first-order valence-corrected chi connectivity index (χ1v) is 9.05. The summed E-state index contributed by atoms with van der Waals surface area (Å²) in [7, 11) is 0. The summed E-state index contributed by atoms with van der Waals surface area (Å²) in [5, 5.41) is 3.17. The molecule has 0 aliphatic rings. The largest absolute Gasteiger partial charge is 0.491 e. The van der Waals surface area contributed by atoms with Gasteiger partial charge in [0, 0.05) is 22.5 Å². The SMILES string of the molecule is CC(C)Oc1cccc(NC(=O)CSCc2ccc(Cl)cc2F)c1. The zero-order valence-electron chi connectivity index (χ0n) is 13.5. The van der Waals surface area contributed by atoms with Crippen molar-refractivity contribution in [3.63, 3.8) is 0 Å². The maximum Gasteiger partial charge on any atom is 0.234 e. The number of hydrogen-bond donors (Lipinski definition) is 1. The summed E-state index contributed by atoms with van der Waals surface area (Å²) in [6.45, 7) is 3.88. The van der Waals surface area contributed by atoms with E-state index in [1.165, 1.54) is 17.8 Å². The Kier molecular flexibility index (Phi) is 6.94. The van der Waals surface area contributed by atoms with Crippen molar-refractivity contribution in [2.75, 3.05) is 11.1 Å². The molecule has 1 N–H and O–H groups in total. The smallest absolute Gasteiger partial charge is 0.234 e. The Morgan fingerprint density at radius 3 is 2.79 bits per heavy atom. The number of carbonyl (C=O) groups is 1. The number of hydrogen-bond acceptors (Lipinski definition) is 3.